The summed E-state index contributed by atoms with van der Waals surface area (Å²) in [6.45, 7) is 0.140. The van der Waals surface area contributed by atoms with Gasteiger partial charge in [0.1, 0.15) is 0 Å². The molecule has 0 radical (unpaired) electrons. The third-order valence-corrected chi connectivity index (χ3v) is 2.38. The molecule has 0 aliphatic heterocycles. The van der Waals surface area contributed by atoms with Gasteiger partial charge in [-0.1, -0.05) is 0 Å². The van der Waals surface area contributed by atoms with Crippen molar-refractivity contribution in [1.29, 1.82) is 0 Å². The van der Waals surface area contributed by atoms with Crippen LogP contribution in [0.2, 0.25) is 0 Å². The number of carbonyl (C=O) groups is 2. The molecule has 0 saturated heterocycles. The maximum Gasteiger partial charge on any atom is 0.231 e. The molecule has 2 amide bonds. The summed E-state index contributed by atoms with van der Waals surface area (Å²) in [5.74, 6) is -0.904. The minimum Gasteiger partial charge on any atom is -0.369 e. The Morgan fingerprint density at radius 1 is 1.14 bits per heavy atom. The molecule has 0 bridgehead atoms. The minimum absolute atomic E-state index is 0.0698. The van der Waals surface area contributed by atoms with E-state index in [0.717, 1.165) is 12.8 Å². The van der Waals surface area contributed by atoms with E-state index in [0.29, 0.717) is 0 Å². The Hall–Kier alpha value is -1.14. The van der Waals surface area contributed by atoms with Crippen LogP contribution in [-0.2, 0) is 9.59 Å². The van der Waals surface area contributed by atoms with Crippen LogP contribution < -0.4 is 17.2 Å². The number of nitrogens with zero attached hydrogens (tertiary/aromatic N) is 1. The third-order valence-electron chi connectivity index (χ3n) is 2.38. The van der Waals surface area contributed by atoms with Crippen LogP contribution in [0.3, 0.4) is 0 Å². The highest BCUT2D eigenvalue weighted by atomic mass is 16.2. The van der Waals surface area contributed by atoms with E-state index in [-0.39, 0.29) is 25.2 Å². The highest BCUT2D eigenvalue weighted by Crippen LogP contribution is 2.23. The van der Waals surface area contributed by atoms with E-state index >= 15 is 0 Å². The number of hydrogen-bond donors (Lipinski definition) is 3. The van der Waals surface area contributed by atoms with E-state index in [4.69, 9.17) is 17.2 Å². The lowest BCUT2D eigenvalue weighted by molar-refractivity contribution is -0.123. The van der Waals surface area contributed by atoms with E-state index in [1.54, 1.807) is 4.90 Å². The molecule has 0 aromatic heterocycles. The number of carbonyl (C=O) groups excluding carboxylic acids is 2. The van der Waals surface area contributed by atoms with E-state index in [1.807, 2.05) is 0 Å². The van der Waals surface area contributed by atoms with E-state index < -0.39 is 11.8 Å². The normalized spacial score (nSPS) is 25.9. The van der Waals surface area contributed by atoms with E-state index in [2.05, 4.69) is 0 Å². The Bertz CT molecular complexity index is 221. The van der Waals surface area contributed by atoms with Crippen LogP contribution in [0.25, 0.3) is 0 Å². The summed E-state index contributed by atoms with van der Waals surface area (Å²) in [6.07, 6.45) is 1.58. The summed E-state index contributed by atoms with van der Waals surface area (Å²) < 4.78 is 0. The van der Waals surface area contributed by atoms with Gasteiger partial charge in [0.05, 0.1) is 13.1 Å². The molecule has 1 saturated carbocycles. The maximum atomic E-state index is 10.7. The zero-order valence-corrected chi connectivity index (χ0v) is 7.98. The van der Waals surface area contributed by atoms with Crippen molar-refractivity contribution >= 4 is 11.8 Å². The fraction of sp³-hybridized carbons (Fsp3) is 0.750. The summed E-state index contributed by atoms with van der Waals surface area (Å²) in [5, 5.41) is 0. The average Bonchev–Trinajstić information content (AvgIpc) is 1.95. The summed E-state index contributed by atoms with van der Waals surface area (Å²) in [7, 11) is 0. The lowest BCUT2D eigenvalue weighted by Crippen LogP contribution is -2.54. The SMILES string of the molecule is NC(=O)CN(CC(N)=O)C1CC(N)C1. The predicted octanol–water partition coefficient (Wildman–Crippen LogP) is -2.25. The topological polar surface area (TPSA) is 115 Å². The van der Waals surface area contributed by atoms with Crippen LogP contribution in [-0.4, -0.2) is 41.9 Å². The largest absolute Gasteiger partial charge is 0.369 e. The molecule has 6 heteroatoms. The Kier molecular flexibility index (Phi) is 3.43. The summed E-state index contributed by atoms with van der Waals surface area (Å²) >= 11 is 0. The highest BCUT2D eigenvalue weighted by Gasteiger charge is 2.32. The summed E-state index contributed by atoms with van der Waals surface area (Å²) in [5.41, 5.74) is 15.7. The first-order valence-corrected chi connectivity index (χ1v) is 4.55. The molecule has 1 fully saturated rings. The number of amides is 2. The van der Waals surface area contributed by atoms with Gasteiger partial charge in [-0.25, -0.2) is 0 Å². The van der Waals surface area contributed by atoms with Crippen molar-refractivity contribution in [2.24, 2.45) is 17.2 Å². The first-order chi connectivity index (χ1) is 6.49. The van der Waals surface area contributed by atoms with Gasteiger partial charge in [0.15, 0.2) is 0 Å². The van der Waals surface area contributed by atoms with Crippen LogP contribution >= 0.6 is 0 Å². The fourth-order valence-corrected chi connectivity index (χ4v) is 1.64. The standard InChI is InChI=1S/C8H16N4O2/c9-5-1-6(2-5)12(3-7(10)13)4-8(11)14/h5-6H,1-4,9H2,(H2,10,13)(H2,11,14). The Labute approximate surface area is 82.4 Å². The van der Waals surface area contributed by atoms with Gasteiger partial charge >= 0.3 is 0 Å². The van der Waals surface area contributed by atoms with Crippen LogP contribution in [0.4, 0.5) is 0 Å². The molecule has 0 atom stereocenters. The van der Waals surface area contributed by atoms with Crippen molar-refractivity contribution in [3.63, 3.8) is 0 Å². The van der Waals surface area contributed by atoms with Gasteiger partial charge in [-0.2, -0.15) is 0 Å². The van der Waals surface area contributed by atoms with Crippen molar-refractivity contribution in [1.82, 2.24) is 4.90 Å². The number of primary amides is 2. The van der Waals surface area contributed by atoms with Crippen LogP contribution in [0.5, 0.6) is 0 Å². The molecule has 6 nitrogen and oxygen atoms in total. The lowest BCUT2D eigenvalue weighted by Gasteiger charge is -2.40. The first-order valence-electron chi connectivity index (χ1n) is 4.55. The smallest absolute Gasteiger partial charge is 0.231 e. The zero-order chi connectivity index (χ0) is 10.7. The summed E-state index contributed by atoms with van der Waals surface area (Å²) in [4.78, 5) is 23.1. The minimum atomic E-state index is -0.452. The van der Waals surface area contributed by atoms with Crippen molar-refractivity contribution in [3.05, 3.63) is 0 Å². The van der Waals surface area contributed by atoms with Gasteiger partial charge in [0.2, 0.25) is 11.8 Å². The second-order valence-electron chi connectivity index (χ2n) is 3.72. The van der Waals surface area contributed by atoms with Gasteiger partial charge in [0.25, 0.3) is 0 Å². The van der Waals surface area contributed by atoms with Gasteiger partial charge in [-0.05, 0) is 12.8 Å². The van der Waals surface area contributed by atoms with E-state index in [1.165, 1.54) is 0 Å². The molecule has 6 N–H and O–H groups in total. The molecule has 1 aliphatic carbocycles. The van der Waals surface area contributed by atoms with Crippen molar-refractivity contribution in [2.75, 3.05) is 13.1 Å². The quantitative estimate of drug-likeness (QED) is 0.465. The molecule has 0 aromatic rings. The number of rotatable bonds is 5. The molecule has 0 heterocycles. The number of nitrogens with two attached hydrogens (primary N) is 3. The van der Waals surface area contributed by atoms with Gasteiger partial charge < -0.3 is 17.2 Å². The Morgan fingerprint density at radius 2 is 1.57 bits per heavy atom. The molecule has 1 rings (SSSR count). The molecule has 0 aromatic carbocycles. The van der Waals surface area contributed by atoms with Crippen molar-refractivity contribution < 1.29 is 9.59 Å². The fourth-order valence-electron chi connectivity index (χ4n) is 1.64. The van der Waals surface area contributed by atoms with Gasteiger partial charge in [-0.15, -0.1) is 0 Å². The predicted molar refractivity (Wildman–Crippen MR) is 51.0 cm³/mol. The van der Waals surface area contributed by atoms with Crippen LogP contribution in [0.1, 0.15) is 12.8 Å². The third kappa shape index (κ3) is 2.97. The summed E-state index contributed by atoms with van der Waals surface area (Å²) in [6, 6.07) is 0.341. The monoisotopic (exact) mass is 200 g/mol. The van der Waals surface area contributed by atoms with Crippen LogP contribution in [0, 0.1) is 0 Å². The molecule has 14 heavy (non-hydrogen) atoms. The second-order valence-corrected chi connectivity index (χ2v) is 3.72. The maximum absolute atomic E-state index is 10.7. The zero-order valence-electron chi connectivity index (χ0n) is 7.98. The molecule has 0 unspecified atom stereocenters. The Morgan fingerprint density at radius 3 is 1.86 bits per heavy atom. The molecule has 1 aliphatic rings. The van der Waals surface area contributed by atoms with Crippen molar-refractivity contribution in [2.45, 2.75) is 24.9 Å². The molecular formula is C8H16N4O2. The Balaban J connectivity index is 2.44. The van der Waals surface area contributed by atoms with Crippen molar-refractivity contribution in [3.8, 4) is 0 Å². The average molecular weight is 200 g/mol. The molecule has 0 spiro atoms. The molecular weight excluding hydrogens is 184 g/mol. The second kappa shape index (κ2) is 4.39. The highest BCUT2D eigenvalue weighted by molar-refractivity contribution is 5.79. The van der Waals surface area contributed by atoms with Gasteiger partial charge in [-0.3, -0.25) is 14.5 Å². The van der Waals surface area contributed by atoms with Gasteiger partial charge in [0, 0.05) is 12.1 Å². The van der Waals surface area contributed by atoms with Crippen LogP contribution in [0.15, 0.2) is 0 Å². The first kappa shape index (κ1) is 10.9. The number of hydrogen-bond acceptors (Lipinski definition) is 4. The lowest BCUT2D eigenvalue weighted by atomic mass is 9.86. The van der Waals surface area contributed by atoms with E-state index in [9.17, 15) is 9.59 Å². The molecule has 80 valence electrons.